The molecule has 0 saturated heterocycles. The van der Waals surface area contributed by atoms with Crippen molar-refractivity contribution in [1.82, 2.24) is 15.3 Å². The van der Waals surface area contributed by atoms with Crippen LogP contribution in [0.3, 0.4) is 0 Å². The van der Waals surface area contributed by atoms with Crippen LogP contribution in [0.15, 0.2) is 6.33 Å². The third-order valence-corrected chi connectivity index (χ3v) is 4.58. The van der Waals surface area contributed by atoms with E-state index in [9.17, 15) is 0 Å². The zero-order chi connectivity index (χ0) is 13.1. The van der Waals surface area contributed by atoms with Crippen molar-refractivity contribution >= 4 is 21.6 Å². The zero-order valence-corrected chi connectivity index (χ0v) is 12.4. The number of thiophene rings is 1. The molecule has 1 atom stereocenters. The Morgan fingerprint density at radius 1 is 1.28 bits per heavy atom. The third-order valence-electron chi connectivity index (χ3n) is 3.47. The van der Waals surface area contributed by atoms with Crippen LogP contribution in [-0.2, 0) is 6.42 Å². The van der Waals surface area contributed by atoms with Crippen LogP contribution in [0, 0.1) is 13.8 Å². The number of rotatable bonds is 5. The summed E-state index contributed by atoms with van der Waals surface area (Å²) in [6.07, 6.45) is 3.81. The Labute approximate surface area is 113 Å². The first-order valence-electron chi connectivity index (χ1n) is 6.60. The van der Waals surface area contributed by atoms with Crippen molar-refractivity contribution in [3.05, 3.63) is 22.5 Å². The predicted octanol–water partition coefficient (Wildman–Crippen LogP) is 3.24. The zero-order valence-electron chi connectivity index (χ0n) is 11.6. The van der Waals surface area contributed by atoms with Crippen molar-refractivity contribution in [2.75, 3.05) is 6.54 Å². The fourth-order valence-electron chi connectivity index (χ4n) is 2.29. The second-order valence-electron chi connectivity index (χ2n) is 4.65. The van der Waals surface area contributed by atoms with Gasteiger partial charge in [-0.25, -0.2) is 9.97 Å². The van der Waals surface area contributed by atoms with E-state index in [4.69, 9.17) is 0 Å². The smallest absolute Gasteiger partial charge is 0.127 e. The number of nitrogens with zero attached hydrogens (tertiary/aromatic N) is 2. The molecule has 0 radical (unpaired) electrons. The number of fused-ring (bicyclic) bond motifs is 1. The largest absolute Gasteiger partial charge is 0.314 e. The molecular formula is C14H21N3S. The number of nitrogens with one attached hydrogen (secondary N) is 1. The second kappa shape index (κ2) is 5.76. The lowest BCUT2D eigenvalue weighted by Gasteiger charge is -2.15. The van der Waals surface area contributed by atoms with Gasteiger partial charge in [0.25, 0.3) is 0 Å². The van der Waals surface area contributed by atoms with Gasteiger partial charge in [0.1, 0.15) is 11.2 Å². The van der Waals surface area contributed by atoms with Crippen molar-refractivity contribution in [3.63, 3.8) is 0 Å². The molecule has 1 N–H and O–H groups in total. The number of likely N-dealkylation sites (N-methyl/N-ethyl adjacent to an activating group) is 1. The minimum absolute atomic E-state index is 0.507. The summed E-state index contributed by atoms with van der Waals surface area (Å²) in [5.74, 6) is 0. The Balaban J connectivity index is 2.38. The molecule has 0 amide bonds. The highest BCUT2D eigenvalue weighted by Crippen LogP contribution is 2.30. The Hall–Kier alpha value is -1.00. The van der Waals surface area contributed by atoms with Gasteiger partial charge in [-0.1, -0.05) is 13.8 Å². The first-order chi connectivity index (χ1) is 8.67. The lowest BCUT2D eigenvalue weighted by molar-refractivity contribution is 0.507. The van der Waals surface area contributed by atoms with E-state index in [1.807, 2.05) is 0 Å². The van der Waals surface area contributed by atoms with Crippen LogP contribution in [0.1, 0.15) is 36.4 Å². The van der Waals surface area contributed by atoms with E-state index >= 15 is 0 Å². The molecule has 0 fully saturated rings. The van der Waals surface area contributed by atoms with Crippen LogP contribution in [0.25, 0.3) is 10.2 Å². The molecule has 2 rings (SSSR count). The van der Waals surface area contributed by atoms with Crippen LogP contribution in [-0.4, -0.2) is 22.6 Å². The highest BCUT2D eigenvalue weighted by Gasteiger charge is 2.14. The molecule has 2 aromatic heterocycles. The molecule has 98 valence electrons. The Kier molecular flexibility index (Phi) is 4.30. The highest BCUT2D eigenvalue weighted by molar-refractivity contribution is 7.18. The molecule has 2 aromatic rings. The van der Waals surface area contributed by atoms with E-state index in [1.54, 1.807) is 17.7 Å². The quantitative estimate of drug-likeness (QED) is 0.900. The lowest BCUT2D eigenvalue weighted by Crippen LogP contribution is -2.30. The summed E-state index contributed by atoms with van der Waals surface area (Å²) in [6.45, 7) is 9.71. The predicted molar refractivity (Wildman–Crippen MR) is 78.3 cm³/mol. The molecule has 0 saturated carbocycles. The molecule has 18 heavy (non-hydrogen) atoms. The van der Waals surface area contributed by atoms with Gasteiger partial charge in [0.2, 0.25) is 0 Å². The topological polar surface area (TPSA) is 37.8 Å². The standard InChI is InChI=1S/C14H21N3S/c1-5-11(15-6-2)7-12-13-9(3)10(4)18-14(13)17-8-16-12/h8,11,15H,5-7H2,1-4H3. The van der Waals surface area contributed by atoms with E-state index < -0.39 is 0 Å². The van der Waals surface area contributed by atoms with Gasteiger partial charge in [0.15, 0.2) is 0 Å². The van der Waals surface area contributed by atoms with Gasteiger partial charge in [0.05, 0.1) is 5.69 Å². The highest BCUT2D eigenvalue weighted by atomic mass is 32.1. The summed E-state index contributed by atoms with van der Waals surface area (Å²) in [4.78, 5) is 11.4. The Morgan fingerprint density at radius 2 is 2.06 bits per heavy atom. The normalized spacial score (nSPS) is 13.1. The van der Waals surface area contributed by atoms with Crippen LogP contribution in [0.4, 0.5) is 0 Å². The number of aromatic nitrogens is 2. The van der Waals surface area contributed by atoms with E-state index in [-0.39, 0.29) is 0 Å². The van der Waals surface area contributed by atoms with Gasteiger partial charge < -0.3 is 5.32 Å². The molecule has 0 aliphatic rings. The van der Waals surface area contributed by atoms with Gasteiger partial charge >= 0.3 is 0 Å². The maximum Gasteiger partial charge on any atom is 0.127 e. The molecule has 0 spiro atoms. The molecule has 0 aromatic carbocycles. The Bertz CT molecular complexity index is 533. The summed E-state index contributed by atoms with van der Waals surface area (Å²) in [7, 11) is 0. The van der Waals surface area contributed by atoms with Crippen LogP contribution < -0.4 is 5.32 Å². The molecule has 4 heteroatoms. The maximum absolute atomic E-state index is 4.51. The van der Waals surface area contributed by atoms with Crippen molar-refractivity contribution in [1.29, 1.82) is 0 Å². The summed E-state index contributed by atoms with van der Waals surface area (Å²) < 4.78 is 0. The third kappa shape index (κ3) is 2.54. The van der Waals surface area contributed by atoms with Crippen molar-refractivity contribution in [3.8, 4) is 0 Å². The van der Waals surface area contributed by atoms with E-state index in [1.165, 1.54) is 21.5 Å². The average molecular weight is 263 g/mol. The molecular weight excluding hydrogens is 242 g/mol. The molecule has 0 aliphatic heterocycles. The SMILES string of the molecule is CCNC(CC)Cc1ncnc2sc(C)c(C)c12. The van der Waals surface area contributed by atoms with Crippen molar-refractivity contribution in [2.24, 2.45) is 0 Å². The lowest BCUT2D eigenvalue weighted by atomic mass is 10.0. The summed E-state index contributed by atoms with van der Waals surface area (Å²) in [5, 5.41) is 4.79. The van der Waals surface area contributed by atoms with Crippen LogP contribution in [0.2, 0.25) is 0 Å². The monoisotopic (exact) mass is 263 g/mol. The fourth-order valence-corrected chi connectivity index (χ4v) is 3.31. The van der Waals surface area contributed by atoms with Gasteiger partial charge in [-0.15, -0.1) is 11.3 Å². The molecule has 2 heterocycles. The van der Waals surface area contributed by atoms with E-state index in [2.05, 4.69) is 43.0 Å². The summed E-state index contributed by atoms with van der Waals surface area (Å²) in [6, 6.07) is 0.507. The second-order valence-corrected chi connectivity index (χ2v) is 5.85. The average Bonchev–Trinajstić information content (AvgIpc) is 2.65. The minimum atomic E-state index is 0.507. The van der Waals surface area contributed by atoms with Gasteiger partial charge in [-0.3, -0.25) is 0 Å². The van der Waals surface area contributed by atoms with E-state index in [0.29, 0.717) is 6.04 Å². The van der Waals surface area contributed by atoms with Gasteiger partial charge in [-0.2, -0.15) is 0 Å². The molecule has 1 unspecified atom stereocenters. The van der Waals surface area contributed by atoms with Crippen molar-refractivity contribution in [2.45, 2.75) is 46.6 Å². The van der Waals surface area contributed by atoms with Crippen molar-refractivity contribution < 1.29 is 0 Å². The van der Waals surface area contributed by atoms with Crippen LogP contribution >= 0.6 is 11.3 Å². The summed E-state index contributed by atoms with van der Waals surface area (Å²) in [5.41, 5.74) is 2.53. The summed E-state index contributed by atoms with van der Waals surface area (Å²) >= 11 is 1.77. The minimum Gasteiger partial charge on any atom is -0.314 e. The Morgan fingerprint density at radius 3 is 2.72 bits per heavy atom. The molecule has 0 bridgehead atoms. The first kappa shape index (κ1) is 13.4. The number of aryl methyl sites for hydroxylation is 2. The van der Waals surface area contributed by atoms with Gasteiger partial charge in [-0.05, 0) is 32.4 Å². The molecule has 3 nitrogen and oxygen atoms in total. The number of hydrogen-bond acceptors (Lipinski definition) is 4. The van der Waals surface area contributed by atoms with E-state index in [0.717, 1.165) is 24.2 Å². The van der Waals surface area contributed by atoms with Gasteiger partial charge in [0, 0.05) is 22.7 Å². The van der Waals surface area contributed by atoms with Crippen LogP contribution in [0.5, 0.6) is 0 Å². The number of hydrogen-bond donors (Lipinski definition) is 1. The molecule has 0 aliphatic carbocycles. The maximum atomic E-state index is 4.51. The fraction of sp³-hybridized carbons (Fsp3) is 0.571. The first-order valence-corrected chi connectivity index (χ1v) is 7.41.